The smallest absolute Gasteiger partial charge is 0.410 e. The van der Waals surface area contributed by atoms with Crippen LogP contribution in [0.3, 0.4) is 0 Å². The number of Topliss-reactive ketones (excluding diaryl/α,β-unsaturated/α-hetero) is 1. The molecule has 0 radical (unpaired) electrons. The van der Waals surface area contributed by atoms with Crippen LogP contribution in [0.25, 0.3) is 0 Å². The van der Waals surface area contributed by atoms with E-state index in [-0.39, 0.29) is 30.6 Å². The van der Waals surface area contributed by atoms with E-state index in [9.17, 15) is 18.4 Å². The van der Waals surface area contributed by atoms with Crippen molar-refractivity contribution < 1.29 is 23.1 Å². The first-order chi connectivity index (χ1) is 12.5. The summed E-state index contributed by atoms with van der Waals surface area (Å²) in [5, 5.41) is 0. The van der Waals surface area contributed by atoms with Crippen molar-refractivity contribution >= 4 is 11.9 Å². The highest BCUT2D eigenvalue weighted by Crippen LogP contribution is 2.44. The third kappa shape index (κ3) is 3.89. The van der Waals surface area contributed by atoms with Crippen molar-refractivity contribution in [2.24, 2.45) is 17.8 Å². The van der Waals surface area contributed by atoms with Gasteiger partial charge in [0.05, 0.1) is 0 Å². The summed E-state index contributed by atoms with van der Waals surface area (Å²) in [6.45, 7) is 2.60. The third-order valence-electron chi connectivity index (χ3n) is 5.95. The fourth-order valence-electron chi connectivity index (χ4n) is 4.61. The van der Waals surface area contributed by atoms with E-state index < -0.39 is 18.1 Å². The first-order valence-electron chi connectivity index (χ1n) is 9.28. The molecule has 0 unspecified atom stereocenters. The molecule has 1 aromatic carbocycles. The topological polar surface area (TPSA) is 46.6 Å². The van der Waals surface area contributed by atoms with E-state index in [0.717, 1.165) is 18.4 Å². The fourth-order valence-corrected chi connectivity index (χ4v) is 4.61. The van der Waals surface area contributed by atoms with Gasteiger partial charge in [0.15, 0.2) is 0 Å². The van der Waals surface area contributed by atoms with Gasteiger partial charge < -0.3 is 9.64 Å². The molecule has 1 amide bonds. The number of rotatable bonds is 4. The Bertz CT molecular complexity index is 637. The van der Waals surface area contributed by atoms with Crippen molar-refractivity contribution in [2.75, 3.05) is 6.54 Å². The van der Waals surface area contributed by atoms with Crippen molar-refractivity contribution in [1.29, 1.82) is 0 Å². The van der Waals surface area contributed by atoms with Crippen molar-refractivity contribution in [3.05, 3.63) is 35.9 Å². The van der Waals surface area contributed by atoms with Gasteiger partial charge in [0.1, 0.15) is 6.61 Å². The largest absolute Gasteiger partial charge is 0.445 e. The van der Waals surface area contributed by atoms with E-state index in [1.54, 1.807) is 4.90 Å². The maximum atomic E-state index is 12.9. The van der Waals surface area contributed by atoms with Crippen LogP contribution in [-0.4, -0.2) is 35.8 Å². The lowest BCUT2D eigenvalue weighted by molar-refractivity contribution is -0.139. The summed E-state index contributed by atoms with van der Waals surface area (Å²) in [6, 6.07) is 9.36. The van der Waals surface area contributed by atoms with Gasteiger partial charge in [0.25, 0.3) is 6.43 Å². The maximum absolute atomic E-state index is 12.9. The Kier molecular flexibility index (Phi) is 5.89. The fraction of sp³-hybridized carbons (Fsp3) is 0.600. The lowest BCUT2D eigenvalue weighted by Crippen LogP contribution is -2.54. The number of hydrogen-bond donors (Lipinski definition) is 0. The van der Waals surface area contributed by atoms with Crippen LogP contribution in [0.2, 0.25) is 0 Å². The number of piperidine rings is 1. The number of carbonyl (C=O) groups is 2. The Morgan fingerprint density at radius 3 is 2.58 bits per heavy atom. The molecule has 0 aromatic heterocycles. The molecule has 26 heavy (non-hydrogen) atoms. The van der Waals surface area contributed by atoms with Gasteiger partial charge in [0.2, 0.25) is 5.78 Å². The summed E-state index contributed by atoms with van der Waals surface area (Å²) < 4.78 is 31.2. The highest BCUT2D eigenvalue weighted by atomic mass is 19.3. The predicted octanol–water partition coefficient (Wildman–Crippen LogP) is 4.28. The number of halogens is 2. The van der Waals surface area contributed by atoms with Gasteiger partial charge in [-0.3, -0.25) is 4.79 Å². The monoisotopic (exact) mass is 365 g/mol. The molecule has 6 heteroatoms. The number of alkyl halides is 2. The molecule has 1 heterocycles. The average molecular weight is 365 g/mol. The van der Waals surface area contributed by atoms with E-state index in [1.807, 2.05) is 37.3 Å². The van der Waals surface area contributed by atoms with Gasteiger partial charge in [-0.05, 0) is 43.6 Å². The maximum Gasteiger partial charge on any atom is 0.410 e. The number of ketones is 1. The van der Waals surface area contributed by atoms with Gasteiger partial charge in [-0.15, -0.1) is 0 Å². The van der Waals surface area contributed by atoms with E-state index in [2.05, 4.69) is 0 Å². The number of nitrogens with zero attached hydrogens (tertiary/aromatic N) is 1. The molecule has 2 aliphatic rings. The summed E-state index contributed by atoms with van der Waals surface area (Å²) >= 11 is 0. The van der Waals surface area contributed by atoms with E-state index in [1.165, 1.54) is 0 Å². The number of hydrogen-bond acceptors (Lipinski definition) is 3. The minimum Gasteiger partial charge on any atom is -0.445 e. The summed E-state index contributed by atoms with van der Waals surface area (Å²) in [6.07, 6.45) is -0.540. The molecule has 2 fully saturated rings. The van der Waals surface area contributed by atoms with Crippen LogP contribution in [0.15, 0.2) is 30.3 Å². The molecular formula is C20H25F2NO3. The van der Waals surface area contributed by atoms with Crippen LogP contribution in [-0.2, 0) is 16.1 Å². The Morgan fingerprint density at radius 2 is 1.88 bits per heavy atom. The molecule has 0 spiro atoms. The van der Waals surface area contributed by atoms with Crippen LogP contribution in [0.4, 0.5) is 13.6 Å². The number of carbonyl (C=O) groups excluding carboxylic acids is 2. The highest BCUT2D eigenvalue weighted by molar-refractivity contribution is 5.84. The molecule has 1 aromatic rings. The highest BCUT2D eigenvalue weighted by Gasteiger charge is 2.46. The number of fused-ring (bicyclic) bond motifs is 1. The lowest BCUT2D eigenvalue weighted by atomic mass is 9.64. The minimum absolute atomic E-state index is 0.0570. The summed E-state index contributed by atoms with van der Waals surface area (Å²) in [7, 11) is 0. The zero-order valence-corrected chi connectivity index (χ0v) is 14.9. The van der Waals surface area contributed by atoms with Crippen molar-refractivity contribution in [3.8, 4) is 0 Å². The van der Waals surface area contributed by atoms with Gasteiger partial charge in [-0.25, -0.2) is 13.6 Å². The lowest BCUT2D eigenvalue weighted by Gasteiger charge is -2.48. The molecule has 3 rings (SSSR count). The second-order valence-corrected chi connectivity index (χ2v) is 7.33. The molecule has 142 valence electrons. The Balaban J connectivity index is 1.62. The molecule has 1 aliphatic carbocycles. The first-order valence-corrected chi connectivity index (χ1v) is 9.28. The number of likely N-dealkylation sites (tertiary alicyclic amines) is 1. The van der Waals surface area contributed by atoms with Gasteiger partial charge in [0, 0.05) is 18.5 Å². The number of benzene rings is 1. The number of ether oxygens (including phenoxy) is 1. The molecule has 0 N–H and O–H groups in total. The van der Waals surface area contributed by atoms with Crippen LogP contribution >= 0.6 is 0 Å². The Hall–Kier alpha value is -1.98. The summed E-state index contributed by atoms with van der Waals surface area (Å²) in [5.74, 6) is -1.47. The molecule has 4 atom stereocenters. The van der Waals surface area contributed by atoms with E-state index >= 15 is 0 Å². The normalized spacial score (nSPS) is 28.5. The van der Waals surface area contributed by atoms with E-state index in [4.69, 9.17) is 4.74 Å². The molecule has 1 saturated carbocycles. The molecule has 1 aliphatic heterocycles. The zero-order valence-electron chi connectivity index (χ0n) is 14.9. The van der Waals surface area contributed by atoms with Crippen molar-refractivity contribution in [2.45, 2.75) is 51.7 Å². The van der Waals surface area contributed by atoms with Gasteiger partial charge >= 0.3 is 6.09 Å². The summed E-state index contributed by atoms with van der Waals surface area (Å²) in [5.41, 5.74) is 0.920. The minimum atomic E-state index is -2.90. The molecular weight excluding hydrogens is 340 g/mol. The van der Waals surface area contributed by atoms with Crippen LogP contribution < -0.4 is 0 Å². The van der Waals surface area contributed by atoms with Crippen LogP contribution in [0.5, 0.6) is 0 Å². The molecule has 4 nitrogen and oxygen atoms in total. The van der Waals surface area contributed by atoms with Crippen molar-refractivity contribution in [3.63, 3.8) is 0 Å². The zero-order chi connectivity index (χ0) is 18.7. The standard InChI is InChI=1S/C20H25F2NO3/c1-13-15-8-5-9-17(18(24)19(21)22)16(15)10-11-23(13)20(25)26-12-14-6-3-2-4-7-14/h2-4,6-7,13,15-17,19H,5,8-12H2,1H3/t13-,15+,16+,17+/m0/s1. The molecule has 0 bridgehead atoms. The predicted molar refractivity (Wildman–Crippen MR) is 92.7 cm³/mol. The Morgan fingerprint density at radius 1 is 1.15 bits per heavy atom. The van der Waals surface area contributed by atoms with Gasteiger partial charge in [-0.1, -0.05) is 36.8 Å². The summed E-state index contributed by atoms with van der Waals surface area (Å²) in [4.78, 5) is 26.1. The first kappa shape index (κ1) is 18.8. The SMILES string of the molecule is C[C@H]1[C@H]2CCC[C@@H](C(=O)C(F)F)[C@@H]2CCN1C(=O)OCc1ccccc1. The molecule has 1 saturated heterocycles. The number of amides is 1. The van der Waals surface area contributed by atoms with Crippen LogP contribution in [0, 0.1) is 17.8 Å². The quantitative estimate of drug-likeness (QED) is 0.800. The van der Waals surface area contributed by atoms with Gasteiger partial charge in [-0.2, -0.15) is 0 Å². The second-order valence-electron chi connectivity index (χ2n) is 7.33. The van der Waals surface area contributed by atoms with Crippen molar-refractivity contribution in [1.82, 2.24) is 4.90 Å². The third-order valence-corrected chi connectivity index (χ3v) is 5.95. The van der Waals surface area contributed by atoms with Crippen LogP contribution in [0.1, 0.15) is 38.2 Å². The second kappa shape index (κ2) is 8.14. The van der Waals surface area contributed by atoms with E-state index in [0.29, 0.717) is 19.4 Å². The Labute approximate surface area is 152 Å². The average Bonchev–Trinajstić information content (AvgIpc) is 2.66.